The van der Waals surface area contributed by atoms with E-state index in [4.69, 9.17) is 4.42 Å². The summed E-state index contributed by atoms with van der Waals surface area (Å²) in [5, 5.41) is 6.74. The van der Waals surface area contributed by atoms with Crippen molar-refractivity contribution in [3.8, 4) is 0 Å². The molecular formula is C18H21N3O4S. The third-order valence-corrected chi connectivity index (χ3v) is 6.18. The van der Waals surface area contributed by atoms with Crippen LogP contribution in [0.4, 0.5) is 0 Å². The first kappa shape index (κ1) is 17.2. The van der Waals surface area contributed by atoms with Crippen molar-refractivity contribution in [3.05, 3.63) is 34.3 Å². The van der Waals surface area contributed by atoms with Gasteiger partial charge in [0, 0.05) is 17.3 Å². The van der Waals surface area contributed by atoms with Gasteiger partial charge in [0.15, 0.2) is 5.58 Å². The molecule has 138 valence electrons. The summed E-state index contributed by atoms with van der Waals surface area (Å²) in [5.41, 5.74) is 1.17. The summed E-state index contributed by atoms with van der Waals surface area (Å²) in [6.07, 6.45) is 4.86. The van der Waals surface area contributed by atoms with E-state index in [1.165, 1.54) is 12.8 Å². The number of carbonyl (C=O) groups is 2. The van der Waals surface area contributed by atoms with E-state index in [0.717, 1.165) is 19.3 Å². The fourth-order valence-corrected chi connectivity index (χ4v) is 4.31. The minimum atomic E-state index is -0.576. The molecule has 0 aliphatic heterocycles. The number of H-pyrrole nitrogens is 1. The van der Waals surface area contributed by atoms with Crippen LogP contribution in [0, 0.1) is 0 Å². The summed E-state index contributed by atoms with van der Waals surface area (Å²) in [4.78, 5) is 38.4. The Morgan fingerprint density at radius 1 is 1.15 bits per heavy atom. The predicted molar refractivity (Wildman–Crippen MR) is 99.4 cm³/mol. The largest absolute Gasteiger partial charge is 0.417 e. The van der Waals surface area contributed by atoms with Gasteiger partial charge in [-0.1, -0.05) is 6.07 Å². The SMILES string of the molecule is O=C(CSC1CC1)N[C@@H]1CC[C@H](NC(=O)c2cccc3oc(=O)[nH]c23)C1. The van der Waals surface area contributed by atoms with E-state index < -0.39 is 5.76 Å². The van der Waals surface area contributed by atoms with E-state index in [1.54, 1.807) is 30.0 Å². The lowest BCUT2D eigenvalue weighted by Gasteiger charge is -2.15. The fourth-order valence-electron chi connectivity index (χ4n) is 3.37. The van der Waals surface area contributed by atoms with Crippen LogP contribution in [0.1, 0.15) is 42.5 Å². The maximum absolute atomic E-state index is 12.6. The highest BCUT2D eigenvalue weighted by atomic mass is 32.2. The van der Waals surface area contributed by atoms with Crippen molar-refractivity contribution in [1.29, 1.82) is 0 Å². The molecule has 0 bridgehead atoms. The lowest BCUT2D eigenvalue weighted by Crippen LogP contribution is -2.37. The fraction of sp³-hybridized carbons (Fsp3) is 0.500. The Balaban J connectivity index is 1.32. The summed E-state index contributed by atoms with van der Waals surface area (Å²) < 4.78 is 4.99. The zero-order chi connectivity index (χ0) is 18.1. The zero-order valence-electron chi connectivity index (χ0n) is 14.2. The minimum Gasteiger partial charge on any atom is -0.408 e. The van der Waals surface area contributed by atoms with Crippen molar-refractivity contribution in [2.24, 2.45) is 0 Å². The van der Waals surface area contributed by atoms with Gasteiger partial charge in [-0.3, -0.25) is 14.6 Å². The van der Waals surface area contributed by atoms with Crippen LogP contribution in [0.15, 0.2) is 27.4 Å². The van der Waals surface area contributed by atoms with E-state index in [9.17, 15) is 14.4 Å². The molecule has 2 saturated carbocycles. The Kier molecular flexibility index (Phi) is 4.76. The second kappa shape index (κ2) is 7.19. The Morgan fingerprint density at radius 3 is 2.69 bits per heavy atom. The molecule has 1 heterocycles. The molecule has 2 aliphatic carbocycles. The van der Waals surface area contributed by atoms with Crippen LogP contribution in [-0.4, -0.2) is 39.9 Å². The summed E-state index contributed by atoms with van der Waals surface area (Å²) in [6.45, 7) is 0. The van der Waals surface area contributed by atoms with Crippen molar-refractivity contribution in [1.82, 2.24) is 15.6 Å². The highest BCUT2D eigenvalue weighted by molar-refractivity contribution is 8.00. The number of aromatic amines is 1. The Labute approximate surface area is 154 Å². The number of hydrogen-bond donors (Lipinski definition) is 3. The van der Waals surface area contributed by atoms with Gasteiger partial charge in [0.1, 0.15) is 0 Å². The first-order valence-corrected chi connectivity index (χ1v) is 9.97. The number of fused-ring (bicyclic) bond motifs is 1. The number of nitrogens with one attached hydrogen (secondary N) is 3. The number of benzene rings is 1. The number of hydrogen-bond acceptors (Lipinski definition) is 5. The summed E-state index contributed by atoms with van der Waals surface area (Å²) in [5.74, 6) is -0.213. The second-order valence-electron chi connectivity index (χ2n) is 6.95. The molecule has 1 aromatic carbocycles. The van der Waals surface area contributed by atoms with Crippen LogP contribution in [0.5, 0.6) is 0 Å². The third kappa shape index (κ3) is 3.95. The zero-order valence-corrected chi connectivity index (χ0v) is 15.1. The van der Waals surface area contributed by atoms with Crippen LogP contribution in [-0.2, 0) is 4.79 Å². The van der Waals surface area contributed by atoms with Crippen molar-refractivity contribution in [2.75, 3.05) is 5.75 Å². The molecule has 7 nitrogen and oxygen atoms in total. The number of oxazole rings is 1. The number of amides is 2. The number of carbonyl (C=O) groups excluding carboxylic acids is 2. The van der Waals surface area contributed by atoms with Crippen molar-refractivity contribution in [3.63, 3.8) is 0 Å². The van der Waals surface area contributed by atoms with Gasteiger partial charge in [-0.15, -0.1) is 11.8 Å². The Morgan fingerprint density at radius 2 is 1.92 bits per heavy atom. The normalized spacial score (nSPS) is 22.5. The van der Waals surface area contributed by atoms with Gasteiger partial charge in [-0.25, -0.2) is 4.79 Å². The van der Waals surface area contributed by atoms with Gasteiger partial charge >= 0.3 is 5.76 Å². The molecule has 8 heteroatoms. The van der Waals surface area contributed by atoms with Crippen LogP contribution in [0.25, 0.3) is 11.1 Å². The molecule has 1 aromatic heterocycles. The Hall–Kier alpha value is -2.22. The van der Waals surface area contributed by atoms with Gasteiger partial charge < -0.3 is 15.1 Å². The van der Waals surface area contributed by atoms with Gasteiger partial charge in [0.05, 0.1) is 16.8 Å². The van der Waals surface area contributed by atoms with Gasteiger partial charge in [-0.05, 0) is 44.2 Å². The Bertz CT molecular complexity index is 886. The molecule has 4 rings (SSSR count). The van der Waals surface area contributed by atoms with Gasteiger partial charge in [0.25, 0.3) is 5.91 Å². The monoisotopic (exact) mass is 375 g/mol. The molecule has 0 unspecified atom stereocenters. The first-order valence-electron chi connectivity index (χ1n) is 8.92. The molecule has 0 saturated heterocycles. The van der Waals surface area contributed by atoms with Gasteiger partial charge in [-0.2, -0.15) is 0 Å². The average molecular weight is 375 g/mol. The lowest BCUT2D eigenvalue weighted by molar-refractivity contribution is -0.119. The second-order valence-corrected chi connectivity index (χ2v) is 8.24. The number of para-hydroxylation sites is 1. The minimum absolute atomic E-state index is 0.0118. The molecule has 2 aliphatic rings. The van der Waals surface area contributed by atoms with Gasteiger partial charge in [0.2, 0.25) is 5.91 Å². The number of aromatic nitrogens is 1. The van der Waals surface area contributed by atoms with Crippen molar-refractivity contribution in [2.45, 2.75) is 49.4 Å². The molecule has 2 atom stereocenters. The summed E-state index contributed by atoms with van der Waals surface area (Å²) in [7, 11) is 0. The van der Waals surface area contributed by atoms with Crippen LogP contribution >= 0.6 is 11.8 Å². The third-order valence-electron chi connectivity index (χ3n) is 4.81. The smallest absolute Gasteiger partial charge is 0.408 e. The maximum atomic E-state index is 12.6. The molecular weight excluding hydrogens is 354 g/mol. The van der Waals surface area contributed by atoms with Crippen molar-refractivity contribution < 1.29 is 14.0 Å². The highest BCUT2D eigenvalue weighted by Crippen LogP contribution is 2.33. The molecule has 2 aromatic rings. The molecule has 0 radical (unpaired) electrons. The molecule has 2 fully saturated rings. The molecule has 3 N–H and O–H groups in total. The molecule has 26 heavy (non-hydrogen) atoms. The first-order chi connectivity index (χ1) is 12.6. The lowest BCUT2D eigenvalue weighted by atomic mass is 10.1. The van der Waals surface area contributed by atoms with E-state index in [2.05, 4.69) is 15.6 Å². The van der Waals surface area contributed by atoms with Crippen LogP contribution < -0.4 is 16.4 Å². The predicted octanol–water partition coefficient (Wildman–Crippen LogP) is 1.78. The van der Waals surface area contributed by atoms with Crippen LogP contribution in [0.2, 0.25) is 0 Å². The maximum Gasteiger partial charge on any atom is 0.417 e. The quantitative estimate of drug-likeness (QED) is 0.714. The topological polar surface area (TPSA) is 104 Å². The van der Waals surface area contributed by atoms with E-state index in [1.807, 2.05) is 0 Å². The van der Waals surface area contributed by atoms with Crippen LogP contribution in [0.3, 0.4) is 0 Å². The number of rotatable bonds is 6. The summed E-state index contributed by atoms with van der Waals surface area (Å²) >= 11 is 1.73. The van der Waals surface area contributed by atoms with Crippen molar-refractivity contribution >= 4 is 34.7 Å². The average Bonchev–Trinajstić information content (AvgIpc) is 3.22. The highest BCUT2D eigenvalue weighted by Gasteiger charge is 2.29. The standard InChI is InChI=1S/C18H21N3O4S/c22-15(9-26-12-6-7-12)19-10-4-5-11(8-10)20-17(23)13-2-1-3-14-16(13)21-18(24)25-14/h1-3,10-12H,4-9H2,(H,19,22)(H,20,23)(H,21,24)/t10-,11+/m1/s1. The number of thioether (sulfide) groups is 1. The molecule has 2 amide bonds. The van der Waals surface area contributed by atoms with E-state index in [0.29, 0.717) is 27.7 Å². The molecule has 0 spiro atoms. The summed E-state index contributed by atoms with van der Waals surface area (Å²) in [6, 6.07) is 5.11. The van der Waals surface area contributed by atoms with E-state index in [-0.39, 0.29) is 23.9 Å². The van der Waals surface area contributed by atoms with E-state index >= 15 is 0 Å².